The van der Waals surface area contributed by atoms with Crippen molar-refractivity contribution in [1.29, 1.82) is 0 Å². The molecule has 3 aromatic rings. The molecule has 1 aliphatic heterocycles. The maximum Gasteiger partial charge on any atom is 0.236 e. The van der Waals surface area contributed by atoms with Crippen LogP contribution in [0.5, 0.6) is 17.2 Å². The molecule has 0 amide bonds. The minimum absolute atomic E-state index is 0.123. The van der Waals surface area contributed by atoms with E-state index in [2.05, 4.69) is 15.3 Å². The van der Waals surface area contributed by atoms with Gasteiger partial charge in [-0.15, -0.1) is 0 Å². The van der Waals surface area contributed by atoms with E-state index in [0.29, 0.717) is 25.1 Å². The number of nitrogens with zero attached hydrogens (tertiary/aromatic N) is 1. The van der Waals surface area contributed by atoms with Gasteiger partial charge in [-0.2, -0.15) is 0 Å². The molecule has 176 valence electrons. The topological polar surface area (TPSA) is 103 Å². The molecule has 0 unspecified atom stereocenters. The fourth-order valence-corrected chi connectivity index (χ4v) is 4.98. The smallest absolute Gasteiger partial charge is 0.236 e. The Bertz CT molecular complexity index is 1310. The molecule has 2 N–H and O–H groups in total. The maximum atomic E-state index is 13.5. The Labute approximate surface area is 201 Å². The van der Waals surface area contributed by atoms with Crippen LogP contribution in [0, 0.1) is 5.92 Å². The van der Waals surface area contributed by atoms with E-state index in [1.165, 1.54) is 26.4 Å². The number of para-hydroxylation sites is 2. The molecule has 9 heteroatoms. The lowest BCUT2D eigenvalue weighted by molar-refractivity contribution is -0.129. The number of allylic oxidation sites excluding steroid dienone is 1. The number of rotatable bonds is 6. The summed E-state index contributed by atoms with van der Waals surface area (Å²) >= 11 is 6.43. The predicted octanol–water partition coefficient (Wildman–Crippen LogP) is 3.87. The van der Waals surface area contributed by atoms with Crippen molar-refractivity contribution in [2.24, 2.45) is 5.92 Å². The normalized spacial score (nSPS) is 21.4. The van der Waals surface area contributed by atoms with E-state index in [0.717, 1.165) is 22.6 Å². The average molecular weight is 482 g/mol. The van der Waals surface area contributed by atoms with Crippen LogP contribution in [-0.2, 0) is 11.2 Å². The molecule has 8 nitrogen and oxygen atoms in total. The van der Waals surface area contributed by atoms with Crippen molar-refractivity contribution in [2.45, 2.75) is 25.4 Å². The van der Waals surface area contributed by atoms with Gasteiger partial charge in [-0.25, -0.2) is 4.98 Å². The second-order valence-corrected chi connectivity index (χ2v) is 8.86. The summed E-state index contributed by atoms with van der Waals surface area (Å²) in [5.41, 5.74) is 1.16. The third-order valence-electron chi connectivity index (χ3n) is 6.46. The van der Waals surface area contributed by atoms with Crippen LogP contribution in [0.3, 0.4) is 0 Å². The summed E-state index contributed by atoms with van der Waals surface area (Å²) in [7, 11) is 2.90. The first kappa shape index (κ1) is 22.3. The number of nitrogens with one attached hydrogen (secondary N) is 2. The van der Waals surface area contributed by atoms with E-state index in [1.807, 2.05) is 31.2 Å². The van der Waals surface area contributed by atoms with E-state index in [-0.39, 0.29) is 22.1 Å². The standard InChI is InChI=1S/C25H24ClN3O5/c1-13-10-14(27-9-8-20-28-15-6-4-5-7-16(15)29-20)11-19(30)25(13)24(31)21-17(32-2)12-18(33-3)22(26)23(21)34-25/h4-7,11-13,27H,8-10H2,1-3H3,(H,28,29)/t13-,25+/m1/s1. The van der Waals surface area contributed by atoms with E-state index in [1.54, 1.807) is 0 Å². The summed E-state index contributed by atoms with van der Waals surface area (Å²) in [6, 6.07) is 9.38. The number of halogens is 1. The van der Waals surface area contributed by atoms with Crippen LogP contribution >= 0.6 is 11.6 Å². The summed E-state index contributed by atoms with van der Waals surface area (Å²) < 4.78 is 16.7. The summed E-state index contributed by atoms with van der Waals surface area (Å²) in [6.45, 7) is 2.41. The van der Waals surface area contributed by atoms with Gasteiger partial charge in [0.2, 0.25) is 17.2 Å². The number of benzene rings is 2. The largest absolute Gasteiger partial charge is 0.496 e. The Morgan fingerprint density at radius 3 is 2.71 bits per heavy atom. The van der Waals surface area contributed by atoms with Crippen LogP contribution in [-0.4, -0.2) is 47.9 Å². The Hall–Kier alpha value is -3.52. The number of carbonyl (C=O) groups excluding carboxylic acids is 2. The van der Waals surface area contributed by atoms with Crippen molar-refractivity contribution in [2.75, 3.05) is 20.8 Å². The molecule has 2 aliphatic rings. The zero-order valence-electron chi connectivity index (χ0n) is 19.0. The molecule has 1 aliphatic carbocycles. The van der Waals surface area contributed by atoms with Gasteiger partial charge in [-0.3, -0.25) is 9.59 Å². The monoisotopic (exact) mass is 481 g/mol. The molecule has 0 bridgehead atoms. The highest BCUT2D eigenvalue weighted by molar-refractivity contribution is 6.36. The number of aromatic amines is 1. The van der Waals surface area contributed by atoms with Crippen LogP contribution in [0.1, 0.15) is 29.5 Å². The molecule has 2 aromatic carbocycles. The molecule has 5 rings (SSSR count). The molecule has 2 atom stereocenters. The number of ether oxygens (including phenoxy) is 3. The van der Waals surface area contributed by atoms with Crippen molar-refractivity contribution in [1.82, 2.24) is 15.3 Å². The van der Waals surface area contributed by atoms with Crippen molar-refractivity contribution >= 4 is 34.2 Å². The molecule has 34 heavy (non-hydrogen) atoms. The quantitative estimate of drug-likeness (QED) is 0.515. The highest BCUT2D eigenvalue weighted by Crippen LogP contribution is 2.52. The minimum Gasteiger partial charge on any atom is -0.496 e. The van der Waals surface area contributed by atoms with E-state index >= 15 is 0 Å². The number of H-pyrrole nitrogens is 1. The number of aromatic nitrogens is 2. The van der Waals surface area contributed by atoms with Gasteiger partial charge in [0.15, 0.2) is 5.75 Å². The zero-order chi connectivity index (χ0) is 24.0. The third-order valence-corrected chi connectivity index (χ3v) is 6.82. The van der Waals surface area contributed by atoms with Crippen LogP contribution in [0.2, 0.25) is 5.02 Å². The Balaban J connectivity index is 1.36. The number of hydrogen-bond acceptors (Lipinski definition) is 7. The van der Waals surface area contributed by atoms with Crippen molar-refractivity contribution in [3.63, 3.8) is 0 Å². The van der Waals surface area contributed by atoms with Crippen LogP contribution < -0.4 is 19.5 Å². The summed E-state index contributed by atoms with van der Waals surface area (Å²) in [4.78, 5) is 34.7. The van der Waals surface area contributed by atoms with Gasteiger partial charge in [-0.05, 0) is 18.6 Å². The summed E-state index contributed by atoms with van der Waals surface area (Å²) in [5.74, 6) is 0.262. The fraction of sp³-hybridized carbons (Fsp3) is 0.320. The number of ketones is 2. The summed E-state index contributed by atoms with van der Waals surface area (Å²) in [6.07, 6.45) is 2.58. The van der Waals surface area contributed by atoms with Gasteiger partial charge < -0.3 is 24.5 Å². The van der Waals surface area contributed by atoms with Crippen molar-refractivity contribution in [3.05, 3.63) is 58.5 Å². The molecule has 1 spiro atoms. The van der Waals surface area contributed by atoms with Gasteiger partial charge in [0, 0.05) is 36.7 Å². The van der Waals surface area contributed by atoms with Crippen LogP contribution in [0.4, 0.5) is 0 Å². The summed E-state index contributed by atoms with van der Waals surface area (Å²) in [5, 5.41) is 3.45. The molecule has 2 heterocycles. The number of hydrogen-bond donors (Lipinski definition) is 2. The molecule has 0 saturated heterocycles. The highest BCUT2D eigenvalue weighted by Gasteiger charge is 2.60. The van der Waals surface area contributed by atoms with Gasteiger partial charge in [0.25, 0.3) is 0 Å². The van der Waals surface area contributed by atoms with Gasteiger partial charge in [0.05, 0.1) is 25.3 Å². The SMILES string of the molecule is COc1cc(OC)c2c(c1Cl)O[C@@]1(C(=O)C=C(NCCc3nc4ccccc4[nH]3)C[C@H]1C)C2=O. The number of Topliss-reactive ketones (excluding diaryl/α,β-unsaturated/α-hetero) is 1. The molecular weight excluding hydrogens is 458 g/mol. The zero-order valence-corrected chi connectivity index (χ0v) is 19.8. The van der Waals surface area contributed by atoms with Crippen molar-refractivity contribution in [3.8, 4) is 17.2 Å². The predicted molar refractivity (Wildman–Crippen MR) is 127 cm³/mol. The lowest BCUT2D eigenvalue weighted by Gasteiger charge is -2.35. The Kier molecular flexibility index (Phi) is 5.48. The maximum absolute atomic E-state index is 13.5. The van der Waals surface area contributed by atoms with Crippen LogP contribution in [0.25, 0.3) is 11.0 Å². The first-order chi connectivity index (χ1) is 16.4. The number of fused-ring (bicyclic) bond motifs is 2. The highest BCUT2D eigenvalue weighted by atomic mass is 35.5. The lowest BCUT2D eigenvalue weighted by Crippen LogP contribution is -2.55. The van der Waals surface area contributed by atoms with Gasteiger partial charge in [-0.1, -0.05) is 30.7 Å². The lowest BCUT2D eigenvalue weighted by atomic mass is 9.74. The van der Waals surface area contributed by atoms with E-state index < -0.39 is 23.1 Å². The molecule has 0 radical (unpaired) electrons. The number of imidazole rings is 1. The first-order valence-electron chi connectivity index (χ1n) is 11.0. The Morgan fingerprint density at radius 2 is 2.00 bits per heavy atom. The number of methoxy groups -OCH3 is 2. The van der Waals surface area contributed by atoms with Gasteiger partial charge in [0.1, 0.15) is 27.9 Å². The second-order valence-electron chi connectivity index (χ2n) is 8.48. The molecule has 0 fully saturated rings. The Morgan fingerprint density at radius 1 is 1.24 bits per heavy atom. The number of carbonyl (C=O) groups is 2. The average Bonchev–Trinajstić information content (AvgIpc) is 3.38. The fourth-order valence-electron chi connectivity index (χ4n) is 4.72. The third kappa shape index (κ3) is 3.32. The molecule has 1 aromatic heterocycles. The van der Waals surface area contributed by atoms with E-state index in [9.17, 15) is 9.59 Å². The first-order valence-corrected chi connectivity index (χ1v) is 11.4. The minimum atomic E-state index is -1.67. The second kappa shape index (κ2) is 8.36. The molecule has 0 saturated carbocycles. The molecular formula is C25H24ClN3O5. The van der Waals surface area contributed by atoms with E-state index in [4.69, 9.17) is 25.8 Å². The van der Waals surface area contributed by atoms with Crippen LogP contribution in [0.15, 0.2) is 42.1 Å². The van der Waals surface area contributed by atoms with Crippen molar-refractivity contribution < 1.29 is 23.8 Å². The van der Waals surface area contributed by atoms with Gasteiger partial charge >= 0.3 is 0 Å².